The molecular weight excluding hydrogens is 320 g/mol. The Morgan fingerprint density at radius 3 is 2.54 bits per heavy atom. The van der Waals surface area contributed by atoms with Gasteiger partial charge in [-0.3, -0.25) is 0 Å². The van der Waals surface area contributed by atoms with Crippen molar-refractivity contribution < 1.29 is 4.74 Å². The van der Waals surface area contributed by atoms with Gasteiger partial charge in [0.05, 0.1) is 7.11 Å². The predicted octanol–water partition coefficient (Wildman–Crippen LogP) is 4.07. The van der Waals surface area contributed by atoms with Gasteiger partial charge in [-0.2, -0.15) is 16.0 Å². The molecule has 0 fully saturated rings. The third-order valence-electron chi connectivity index (χ3n) is 3.60. The number of pyridine rings is 1. The molecule has 0 N–H and O–H groups in total. The first kappa shape index (κ1) is 14.6. The molecular formula is C18H14N4OS. The molecule has 3 heterocycles. The van der Waals surface area contributed by atoms with Gasteiger partial charge in [0.1, 0.15) is 5.75 Å². The second kappa shape index (κ2) is 6.25. The Balaban J connectivity index is 1.87. The van der Waals surface area contributed by atoms with Gasteiger partial charge < -0.3 is 4.74 Å². The number of nitrogens with zero attached hydrogens (tertiary/aromatic N) is 4. The van der Waals surface area contributed by atoms with Crippen LogP contribution < -0.4 is 4.74 Å². The summed E-state index contributed by atoms with van der Waals surface area (Å²) in [5.74, 6) is 2.98. The second-order valence-corrected chi connectivity index (χ2v) is 5.88. The number of thiophene rings is 1. The maximum Gasteiger partial charge on any atom is 0.183 e. The van der Waals surface area contributed by atoms with E-state index in [2.05, 4.69) is 10.1 Å². The van der Waals surface area contributed by atoms with Crippen LogP contribution in [-0.4, -0.2) is 26.9 Å². The van der Waals surface area contributed by atoms with Crippen LogP contribution in [0.25, 0.3) is 28.6 Å². The van der Waals surface area contributed by atoms with E-state index in [0.29, 0.717) is 5.82 Å². The molecule has 0 radical (unpaired) electrons. The molecule has 0 atom stereocenters. The lowest BCUT2D eigenvalue weighted by atomic mass is 10.2. The average molecular weight is 334 g/mol. The van der Waals surface area contributed by atoms with Gasteiger partial charge in [0.15, 0.2) is 17.5 Å². The summed E-state index contributed by atoms with van der Waals surface area (Å²) in [5.41, 5.74) is 1.96. The Morgan fingerprint density at radius 1 is 1.00 bits per heavy atom. The lowest BCUT2D eigenvalue weighted by Gasteiger charge is -2.05. The van der Waals surface area contributed by atoms with Crippen molar-refractivity contribution in [1.29, 1.82) is 0 Å². The standard InChI is InChI=1S/C18H14N4OS/c1-23-15-7-5-13(6-8-15)18-20-17(14-9-11-24-12-14)21-22(18)16-4-2-3-10-19-16/h2-12H,1H3. The number of benzene rings is 1. The van der Waals surface area contributed by atoms with E-state index < -0.39 is 0 Å². The van der Waals surface area contributed by atoms with Gasteiger partial charge in [-0.1, -0.05) is 6.07 Å². The van der Waals surface area contributed by atoms with Gasteiger partial charge in [0.2, 0.25) is 0 Å². The molecule has 0 spiro atoms. The maximum atomic E-state index is 5.23. The monoisotopic (exact) mass is 334 g/mol. The Bertz CT molecular complexity index is 931. The molecule has 0 amide bonds. The van der Waals surface area contributed by atoms with Crippen LogP contribution in [0.4, 0.5) is 0 Å². The fourth-order valence-corrected chi connectivity index (χ4v) is 3.03. The largest absolute Gasteiger partial charge is 0.497 e. The minimum absolute atomic E-state index is 0.688. The fraction of sp³-hybridized carbons (Fsp3) is 0.0556. The van der Waals surface area contributed by atoms with Gasteiger partial charge in [-0.05, 0) is 47.8 Å². The second-order valence-electron chi connectivity index (χ2n) is 5.10. The molecule has 0 saturated carbocycles. The van der Waals surface area contributed by atoms with Crippen LogP contribution in [0.15, 0.2) is 65.5 Å². The first-order valence-electron chi connectivity index (χ1n) is 7.40. The van der Waals surface area contributed by atoms with E-state index in [9.17, 15) is 0 Å². The molecule has 0 aliphatic rings. The lowest BCUT2D eigenvalue weighted by molar-refractivity contribution is 0.415. The zero-order valence-electron chi connectivity index (χ0n) is 13.0. The van der Waals surface area contributed by atoms with Crippen LogP contribution in [0, 0.1) is 0 Å². The number of methoxy groups -OCH3 is 1. The minimum Gasteiger partial charge on any atom is -0.497 e. The summed E-state index contributed by atoms with van der Waals surface area (Å²) in [6.45, 7) is 0. The van der Waals surface area contributed by atoms with Gasteiger partial charge >= 0.3 is 0 Å². The lowest BCUT2D eigenvalue weighted by Crippen LogP contribution is -2.01. The molecule has 0 aliphatic heterocycles. The SMILES string of the molecule is COc1ccc(-c2nc(-c3ccsc3)nn2-c2ccccn2)cc1. The van der Waals surface area contributed by atoms with E-state index in [-0.39, 0.29) is 0 Å². The highest BCUT2D eigenvalue weighted by atomic mass is 32.1. The summed E-state index contributed by atoms with van der Waals surface area (Å²) in [7, 11) is 1.65. The number of hydrogen-bond donors (Lipinski definition) is 0. The fourth-order valence-electron chi connectivity index (χ4n) is 2.39. The molecule has 118 valence electrons. The minimum atomic E-state index is 0.688. The highest BCUT2D eigenvalue weighted by molar-refractivity contribution is 7.08. The molecule has 0 aliphatic carbocycles. The molecule has 4 rings (SSSR count). The van der Waals surface area contributed by atoms with E-state index in [0.717, 1.165) is 28.5 Å². The van der Waals surface area contributed by atoms with Crippen LogP contribution in [0.3, 0.4) is 0 Å². The van der Waals surface area contributed by atoms with Crippen molar-refractivity contribution in [1.82, 2.24) is 19.7 Å². The number of hydrogen-bond acceptors (Lipinski definition) is 5. The molecule has 1 aromatic carbocycles. The maximum absolute atomic E-state index is 5.23. The highest BCUT2D eigenvalue weighted by Crippen LogP contribution is 2.27. The van der Waals surface area contributed by atoms with Gasteiger partial charge in [-0.25, -0.2) is 9.97 Å². The van der Waals surface area contributed by atoms with Crippen molar-refractivity contribution in [2.45, 2.75) is 0 Å². The van der Waals surface area contributed by atoms with Crippen molar-refractivity contribution in [3.63, 3.8) is 0 Å². The molecule has 4 aromatic rings. The van der Waals surface area contributed by atoms with Crippen molar-refractivity contribution in [2.24, 2.45) is 0 Å². The van der Waals surface area contributed by atoms with Crippen molar-refractivity contribution in [3.8, 4) is 34.3 Å². The Labute approximate surface area is 143 Å². The molecule has 0 bridgehead atoms. The van der Waals surface area contributed by atoms with Gasteiger partial charge in [0, 0.05) is 22.7 Å². The molecule has 0 unspecified atom stereocenters. The third kappa shape index (κ3) is 2.68. The average Bonchev–Trinajstić information content (AvgIpc) is 3.32. The molecule has 24 heavy (non-hydrogen) atoms. The van der Waals surface area contributed by atoms with Crippen molar-refractivity contribution in [3.05, 3.63) is 65.5 Å². The van der Waals surface area contributed by atoms with Crippen LogP contribution in [0.5, 0.6) is 5.75 Å². The number of rotatable bonds is 4. The quantitative estimate of drug-likeness (QED) is 0.564. The Hall–Kier alpha value is -2.99. The predicted molar refractivity (Wildman–Crippen MR) is 94.5 cm³/mol. The topological polar surface area (TPSA) is 52.8 Å². The normalized spacial score (nSPS) is 10.7. The zero-order chi connectivity index (χ0) is 16.4. The summed E-state index contributed by atoms with van der Waals surface area (Å²) in [6, 6.07) is 15.5. The van der Waals surface area contributed by atoms with Crippen LogP contribution in [0.2, 0.25) is 0 Å². The number of ether oxygens (including phenoxy) is 1. The van der Waals surface area contributed by atoms with Crippen molar-refractivity contribution >= 4 is 11.3 Å². The first-order valence-corrected chi connectivity index (χ1v) is 8.35. The summed E-state index contributed by atoms with van der Waals surface area (Å²) >= 11 is 1.62. The van der Waals surface area contributed by atoms with Gasteiger partial charge in [-0.15, -0.1) is 5.10 Å². The van der Waals surface area contributed by atoms with E-state index in [1.54, 1.807) is 29.3 Å². The van der Waals surface area contributed by atoms with Crippen LogP contribution >= 0.6 is 11.3 Å². The first-order chi connectivity index (χ1) is 11.8. The Morgan fingerprint density at radius 2 is 1.88 bits per heavy atom. The Kier molecular flexibility index (Phi) is 3.80. The van der Waals surface area contributed by atoms with E-state index >= 15 is 0 Å². The smallest absolute Gasteiger partial charge is 0.183 e. The van der Waals surface area contributed by atoms with Crippen molar-refractivity contribution in [2.75, 3.05) is 7.11 Å². The van der Waals surface area contributed by atoms with Gasteiger partial charge in [0.25, 0.3) is 0 Å². The zero-order valence-corrected chi connectivity index (χ0v) is 13.8. The molecule has 5 nitrogen and oxygen atoms in total. The summed E-state index contributed by atoms with van der Waals surface area (Å²) in [5, 5.41) is 8.72. The third-order valence-corrected chi connectivity index (χ3v) is 4.28. The summed E-state index contributed by atoms with van der Waals surface area (Å²) in [4.78, 5) is 9.13. The van der Waals surface area contributed by atoms with E-state index in [4.69, 9.17) is 9.72 Å². The van der Waals surface area contributed by atoms with E-state index in [1.807, 2.05) is 59.3 Å². The summed E-state index contributed by atoms with van der Waals surface area (Å²) < 4.78 is 7.00. The van der Waals surface area contributed by atoms with Crippen LogP contribution in [0.1, 0.15) is 0 Å². The number of aromatic nitrogens is 4. The molecule has 6 heteroatoms. The molecule has 3 aromatic heterocycles. The highest BCUT2D eigenvalue weighted by Gasteiger charge is 2.15. The summed E-state index contributed by atoms with van der Waals surface area (Å²) in [6.07, 6.45) is 1.75. The van der Waals surface area contributed by atoms with Crippen LogP contribution in [-0.2, 0) is 0 Å². The van der Waals surface area contributed by atoms with E-state index in [1.165, 1.54) is 0 Å². The molecule has 0 saturated heterocycles.